The Balaban J connectivity index is 1.48. The normalized spacial score (nSPS) is 16.0. The fourth-order valence-corrected chi connectivity index (χ4v) is 3.97. The highest BCUT2D eigenvalue weighted by molar-refractivity contribution is 5.86. The van der Waals surface area contributed by atoms with Gasteiger partial charge < -0.3 is 25.3 Å². The van der Waals surface area contributed by atoms with Crippen molar-refractivity contribution in [3.63, 3.8) is 0 Å². The largest absolute Gasteiger partial charge is 0.457 e. The summed E-state index contributed by atoms with van der Waals surface area (Å²) >= 11 is 0. The molecule has 1 amide bonds. The Kier molecular flexibility index (Phi) is 6.01. The Morgan fingerprint density at radius 2 is 2.07 bits per heavy atom. The quantitative estimate of drug-likeness (QED) is 0.656. The zero-order valence-electron chi connectivity index (χ0n) is 17.6. The molecule has 0 spiro atoms. The highest BCUT2D eigenvalue weighted by Crippen LogP contribution is 2.31. The molecule has 0 aliphatic carbocycles. The molecule has 0 bridgehead atoms. The molecule has 1 aliphatic rings. The minimum absolute atomic E-state index is 0.149. The number of fused-ring (bicyclic) bond motifs is 1. The van der Waals surface area contributed by atoms with Gasteiger partial charge in [0.1, 0.15) is 17.1 Å². The Labute approximate surface area is 176 Å². The number of carbonyl (C=O) groups excluding carboxylic acids is 1. The number of amides is 1. The van der Waals surface area contributed by atoms with Gasteiger partial charge in [-0.2, -0.15) is 0 Å². The third-order valence-electron chi connectivity index (χ3n) is 5.79. The highest BCUT2D eigenvalue weighted by Gasteiger charge is 2.26. The summed E-state index contributed by atoms with van der Waals surface area (Å²) in [5.41, 5.74) is 8.92. The molecule has 1 aliphatic heterocycles. The second-order valence-electron chi connectivity index (χ2n) is 8.02. The van der Waals surface area contributed by atoms with Crippen molar-refractivity contribution >= 4 is 16.9 Å². The number of aryl methyl sites for hydroxylation is 1. The molecule has 7 nitrogen and oxygen atoms in total. The van der Waals surface area contributed by atoms with E-state index < -0.39 is 0 Å². The van der Waals surface area contributed by atoms with Crippen molar-refractivity contribution in [3.8, 4) is 11.5 Å². The Hall–Kier alpha value is -2.90. The monoisotopic (exact) mass is 407 g/mol. The van der Waals surface area contributed by atoms with Gasteiger partial charge in [-0.05, 0) is 49.7 Å². The Morgan fingerprint density at radius 1 is 1.27 bits per heavy atom. The number of carbonyl (C=O) groups is 1. The number of piperazine rings is 1. The van der Waals surface area contributed by atoms with Crippen LogP contribution < -0.4 is 10.5 Å². The molecule has 1 aromatic carbocycles. The molecule has 7 heteroatoms. The number of pyridine rings is 1. The van der Waals surface area contributed by atoms with Crippen molar-refractivity contribution in [2.24, 2.45) is 11.7 Å². The summed E-state index contributed by atoms with van der Waals surface area (Å²) in [4.78, 5) is 24.6. The number of aromatic nitrogens is 2. The van der Waals surface area contributed by atoms with Gasteiger partial charge in [-0.15, -0.1) is 0 Å². The van der Waals surface area contributed by atoms with E-state index in [-0.39, 0.29) is 11.8 Å². The molecule has 158 valence electrons. The number of ether oxygens (including phenoxy) is 1. The molecular weight excluding hydrogens is 378 g/mol. The van der Waals surface area contributed by atoms with Crippen LogP contribution in [-0.2, 0) is 11.2 Å². The van der Waals surface area contributed by atoms with Crippen LogP contribution in [0.5, 0.6) is 11.5 Å². The Bertz CT molecular complexity index is 1020. The summed E-state index contributed by atoms with van der Waals surface area (Å²) in [6.07, 6.45) is 4.27. The van der Waals surface area contributed by atoms with E-state index in [2.05, 4.69) is 21.9 Å². The van der Waals surface area contributed by atoms with Crippen molar-refractivity contribution in [2.75, 3.05) is 39.8 Å². The van der Waals surface area contributed by atoms with E-state index in [0.29, 0.717) is 13.0 Å². The molecule has 3 aromatic rings. The van der Waals surface area contributed by atoms with Crippen molar-refractivity contribution in [2.45, 2.75) is 13.3 Å². The molecule has 30 heavy (non-hydrogen) atoms. The summed E-state index contributed by atoms with van der Waals surface area (Å²) in [7, 11) is 2.08. The van der Waals surface area contributed by atoms with E-state index in [1.54, 1.807) is 6.20 Å². The molecular formula is C23H29N5O2. The number of nitrogens with zero attached hydrogens (tertiary/aromatic N) is 3. The van der Waals surface area contributed by atoms with Crippen LogP contribution in [0.2, 0.25) is 0 Å². The van der Waals surface area contributed by atoms with E-state index >= 15 is 0 Å². The molecule has 1 saturated heterocycles. The van der Waals surface area contributed by atoms with Gasteiger partial charge in [0, 0.05) is 45.1 Å². The number of aromatic amines is 1. The lowest BCUT2D eigenvalue weighted by Gasteiger charge is -2.34. The maximum Gasteiger partial charge on any atom is 0.227 e. The van der Waals surface area contributed by atoms with Gasteiger partial charge in [-0.1, -0.05) is 12.1 Å². The molecule has 4 rings (SSSR count). The second kappa shape index (κ2) is 8.85. The number of likely N-dealkylation sites (N-methyl/N-ethyl adjacent to an activating group) is 1. The lowest BCUT2D eigenvalue weighted by molar-refractivity contribution is -0.136. The van der Waals surface area contributed by atoms with Crippen LogP contribution in [-0.4, -0.2) is 65.4 Å². The minimum atomic E-state index is -0.219. The van der Waals surface area contributed by atoms with Crippen LogP contribution in [0, 0.1) is 12.8 Å². The average Bonchev–Trinajstić information content (AvgIpc) is 3.14. The topological polar surface area (TPSA) is 87.5 Å². The molecule has 1 fully saturated rings. The maximum absolute atomic E-state index is 13.0. The molecule has 3 heterocycles. The first kappa shape index (κ1) is 20.4. The molecule has 1 atom stereocenters. The molecule has 0 saturated carbocycles. The first-order valence-electron chi connectivity index (χ1n) is 10.4. The van der Waals surface area contributed by atoms with Crippen LogP contribution in [0.1, 0.15) is 11.1 Å². The third-order valence-corrected chi connectivity index (χ3v) is 5.79. The van der Waals surface area contributed by atoms with Crippen molar-refractivity contribution in [3.05, 3.63) is 53.9 Å². The second-order valence-corrected chi connectivity index (χ2v) is 8.02. The van der Waals surface area contributed by atoms with Gasteiger partial charge in [0.05, 0.1) is 11.3 Å². The lowest BCUT2D eigenvalue weighted by Crippen LogP contribution is -2.50. The summed E-state index contributed by atoms with van der Waals surface area (Å²) in [5, 5.41) is 0.980. The summed E-state index contributed by atoms with van der Waals surface area (Å²) in [6, 6.07) is 9.78. The molecule has 3 N–H and O–H groups in total. The fraction of sp³-hybridized carbons (Fsp3) is 0.391. The number of H-pyrrole nitrogens is 1. The van der Waals surface area contributed by atoms with Gasteiger partial charge in [0.15, 0.2) is 0 Å². The van der Waals surface area contributed by atoms with Crippen LogP contribution in [0.3, 0.4) is 0 Å². The number of benzene rings is 1. The van der Waals surface area contributed by atoms with Gasteiger partial charge in [0.2, 0.25) is 5.91 Å². The molecule has 0 radical (unpaired) electrons. The number of nitrogens with one attached hydrogen (secondary N) is 1. The molecule has 1 unspecified atom stereocenters. The standard InChI is InChI=1S/C23H29N5O2/c1-16-15-26-22-21(16)20(6-7-25-22)30-19-5-3-4-17(13-19)12-18(14-24)23(29)28-10-8-27(2)9-11-28/h3-7,13,15,18H,8-12,14,24H2,1-2H3,(H,25,26). The predicted octanol–water partition coefficient (Wildman–Crippen LogP) is 2.56. The maximum atomic E-state index is 13.0. The van der Waals surface area contributed by atoms with Crippen molar-refractivity contribution < 1.29 is 9.53 Å². The van der Waals surface area contributed by atoms with E-state index in [4.69, 9.17) is 10.5 Å². The van der Waals surface area contributed by atoms with Crippen molar-refractivity contribution in [1.82, 2.24) is 19.8 Å². The van der Waals surface area contributed by atoms with Gasteiger partial charge in [-0.25, -0.2) is 4.98 Å². The van der Waals surface area contributed by atoms with Crippen LogP contribution in [0.4, 0.5) is 0 Å². The SMILES string of the molecule is Cc1c[nH]c2nccc(Oc3cccc(CC(CN)C(=O)N4CCN(C)CC4)c3)c12. The number of hydrogen-bond acceptors (Lipinski definition) is 5. The third kappa shape index (κ3) is 4.32. The first-order chi connectivity index (χ1) is 14.5. The minimum Gasteiger partial charge on any atom is -0.457 e. The molecule has 2 aromatic heterocycles. The van der Waals surface area contributed by atoms with E-state index in [0.717, 1.165) is 59.8 Å². The van der Waals surface area contributed by atoms with Crippen LogP contribution in [0.25, 0.3) is 11.0 Å². The fourth-order valence-electron chi connectivity index (χ4n) is 3.97. The van der Waals surface area contributed by atoms with Gasteiger partial charge in [0.25, 0.3) is 0 Å². The van der Waals surface area contributed by atoms with Gasteiger partial charge in [-0.3, -0.25) is 4.79 Å². The Morgan fingerprint density at radius 3 is 2.83 bits per heavy atom. The van der Waals surface area contributed by atoms with E-state index in [1.165, 1.54) is 0 Å². The number of nitrogens with two attached hydrogens (primary N) is 1. The van der Waals surface area contributed by atoms with Crippen molar-refractivity contribution in [1.29, 1.82) is 0 Å². The van der Waals surface area contributed by atoms with Gasteiger partial charge >= 0.3 is 0 Å². The van der Waals surface area contributed by atoms with Crippen LogP contribution in [0.15, 0.2) is 42.7 Å². The predicted molar refractivity (Wildman–Crippen MR) is 118 cm³/mol. The smallest absolute Gasteiger partial charge is 0.227 e. The zero-order valence-corrected chi connectivity index (χ0v) is 17.6. The van der Waals surface area contributed by atoms with Crippen LogP contribution >= 0.6 is 0 Å². The summed E-state index contributed by atoms with van der Waals surface area (Å²) < 4.78 is 6.18. The zero-order chi connectivity index (χ0) is 21.1. The lowest BCUT2D eigenvalue weighted by atomic mass is 9.97. The average molecular weight is 408 g/mol. The van der Waals surface area contributed by atoms with E-state index in [9.17, 15) is 4.79 Å². The van der Waals surface area contributed by atoms with E-state index in [1.807, 2.05) is 48.4 Å². The number of hydrogen-bond donors (Lipinski definition) is 2. The summed E-state index contributed by atoms with van der Waals surface area (Å²) in [6.45, 7) is 5.71. The summed E-state index contributed by atoms with van der Waals surface area (Å²) in [5.74, 6) is 1.43. The first-order valence-corrected chi connectivity index (χ1v) is 10.4. The number of rotatable bonds is 6. The highest BCUT2D eigenvalue weighted by atomic mass is 16.5.